The number of fused-ring (bicyclic) bond motifs is 4. The van der Waals surface area contributed by atoms with Crippen LogP contribution in [0.3, 0.4) is 0 Å². The minimum atomic E-state index is -2.80. The summed E-state index contributed by atoms with van der Waals surface area (Å²) in [6, 6.07) is 1.52. The Labute approximate surface area is 286 Å². The molecule has 4 aliphatic carbocycles. The Kier molecular flexibility index (Phi) is 7.10. The van der Waals surface area contributed by atoms with Crippen LogP contribution in [0, 0.1) is 28.1 Å². The number of aliphatic hydroxyl groups is 5. The summed E-state index contributed by atoms with van der Waals surface area (Å²) >= 11 is 0. The first kappa shape index (κ1) is 35.3. The van der Waals surface area contributed by atoms with Crippen molar-refractivity contribution in [3.8, 4) is 0 Å². The number of esters is 4. The van der Waals surface area contributed by atoms with Gasteiger partial charge < -0.3 is 58.4 Å². The zero-order valence-corrected chi connectivity index (χ0v) is 29.0. The minimum absolute atomic E-state index is 0.106. The monoisotopic (exact) mass is 708 g/mol. The van der Waals surface area contributed by atoms with Crippen LogP contribution in [-0.4, -0.2) is 115 Å². The number of hydrogen-bond donors (Lipinski definition) is 5. The molecule has 1 unspecified atom stereocenters. The van der Waals surface area contributed by atoms with Crippen LogP contribution in [0.4, 0.5) is 0 Å². The highest BCUT2D eigenvalue weighted by atomic mass is 16.8. The fourth-order valence-corrected chi connectivity index (χ4v) is 12.3. The van der Waals surface area contributed by atoms with Gasteiger partial charge in [0.2, 0.25) is 0 Å². The van der Waals surface area contributed by atoms with Gasteiger partial charge in [-0.2, -0.15) is 0 Å². The van der Waals surface area contributed by atoms with Gasteiger partial charge in [0.1, 0.15) is 34.6 Å². The van der Waals surface area contributed by atoms with Crippen molar-refractivity contribution < 1.29 is 77.5 Å². The van der Waals surface area contributed by atoms with E-state index in [4.69, 9.17) is 32.8 Å². The van der Waals surface area contributed by atoms with Gasteiger partial charge in [0.05, 0.1) is 31.2 Å². The van der Waals surface area contributed by atoms with E-state index < -0.39 is 123 Å². The van der Waals surface area contributed by atoms with Crippen LogP contribution in [0.25, 0.3) is 0 Å². The summed E-state index contributed by atoms with van der Waals surface area (Å²) in [6.07, 6.45) is -8.79. The summed E-state index contributed by atoms with van der Waals surface area (Å²) in [5.74, 6) is -8.23. The van der Waals surface area contributed by atoms with Crippen molar-refractivity contribution in [1.82, 2.24) is 0 Å². The van der Waals surface area contributed by atoms with Crippen LogP contribution < -0.4 is 0 Å². The van der Waals surface area contributed by atoms with E-state index in [9.17, 15) is 44.7 Å². The van der Waals surface area contributed by atoms with E-state index in [1.807, 2.05) is 0 Å². The van der Waals surface area contributed by atoms with E-state index >= 15 is 0 Å². The molecule has 16 heteroatoms. The van der Waals surface area contributed by atoms with Gasteiger partial charge in [-0.3, -0.25) is 14.4 Å². The van der Waals surface area contributed by atoms with E-state index in [-0.39, 0.29) is 6.42 Å². The molecule has 3 heterocycles. The second-order valence-corrected chi connectivity index (χ2v) is 15.9. The van der Waals surface area contributed by atoms with Crippen LogP contribution in [0.5, 0.6) is 0 Å². The number of hydrogen-bond acceptors (Lipinski definition) is 16. The topological polar surface area (TPSA) is 238 Å². The van der Waals surface area contributed by atoms with Gasteiger partial charge in [-0.05, 0) is 19.4 Å². The van der Waals surface area contributed by atoms with Gasteiger partial charge in [0.25, 0.3) is 0 Å². The summed E-state index contributed by atoms with van der Waals surface area (Å²) in [5.41, 5.74) is -15.8. The number of methoxy groups -OCH3 is 1. The van der Waals surface area contributed by atoms with Gasteiger partial charge in [-0.25, -0.2) is 4.79 Å². The minimum Gasteiger partial charge on any atom is -0.472 e. The number of carbonyl (C=O) groups excluding carboxylic acids is 4. The molecular formula is C34H44O16. The average Bonchev–Trinajstić information content (AvgIpc) is 3.80. The summed E-state index contributed by atoms with van der Waals surface area (Å²) in [5, 5.41) is 63.9. The Bertz CT molecular complexity index is 1660. The van der Waals surface area contributed by atoms with Crippen LogP contribution in [0.1, 0.15) is 73.0 Å². The Hall–Kier alpha value is -3.12. The average molecular weight is 709 g/mol. The quantitative estimate of drug-likeness (QED) is 0.182. The van der Waals surface area contributed by atoms with Crippen molar-refractivity contribution in [1.29, 1.82) is 0 Å². The fraction of sp³-hybridized carbons (Fsp3) is 0.765. The summed E-state index contributed by atoms with van der Waals surface area (Å²) < 4.78 is 41.5. The molecule has 16 nitrogen and oxygen atoms in total. The van der Waals surface area contributed by atoms with Gasteiger partial charge in [-0.1, -0.05) is 20.8 Å². The van der Waals surface area contributed by atoms with Gasteiger partial charge in [0, 0.05) is 55.4 Å². The predicted octanol–water partition coefficient (Wildman–Crippen LogP) is -0.195. The summed E-state index contributed by atoms with van der Waals surface area (Å²) in [6.45, 7) is 9.18. The molecule has 1 aromatic rings. The van der Waals surface area contributed by atoms with Crippen molar-refractivity contribution in [3.05, 3.63) is 24.2 Å². The molecule has 0 amide bonds. The molecule has 0 aromatic carbocycles. The maximum Gasteiger partial charge on any atom is 0.335 e. The van der Waals surface area contributed by atoms with Crippen LogP contribution in [-0.2, 0) is 47.6 Å². The third-order valence-electron chi connectivity index (χ3n) is 13.6. The number of ether oxygens (including phenoxy) is 6. The molecule has 1 aromatic heterocycles. The van der Waals surface area contributed by atoms with E-state index in [0.29, 0.717) is 5.56 Å². The van der Waals surface area contributed by atoms with Crippen molar-refractivity contribution in [2.24, 2.45) is 28.1 Å². The standard InChI is InChI=1S/C34H44O16/c1-14(35)46-21(17-9-10-45-12-17)29(6)18-11-28(5)49-26-32(42)25(40)27(4)13-31(32,41)30(7,20(27)19(38)24(39)44-8)34(43,33(18,26)50-28)23(48-16(3)37)22(29)47-15(2)36/h9-10,12,18-23,25-26,38,40-43H,11,13H2,1-8H3/t18-,19-,20+,21+,22+,23-,25+,26-,27+,28?,29-,30-,31-,32+,33-,34+/m1/s1. The second-order valence-electron chi connectivity index (χ2n) is 15.9. The molecule has 276 valence electrons. The molecule has 16 atom stereocenters. The van der Waals surface area contributed by atoms with E-state index in [2.05, 4.69) is 0 Å². The van der Waals surface area contributed by atoms with Gasteiger partial charge in [0.15, 0.2) is 24.1 Å². The highest BCUT2D eigenvalue weighted by Gasteiger charge is 3.02. The molecular weight excluding hydrogens is 664 g/mol. The number of aliphatic hydroxyl groups excluding tert-OH is 2. The third kappa shape index (κ3) is 3.47. The zero-order chi connectivity index (χ0) is 37.0. The molecule has 6 fully saturated rings. The Morgan fingerprint density at radius 1 is 0.960 bits per heavy atom. The highest BCUT2D eigenvalue weighted by Crippen LogP contribution is 2.86. The molecule has 2 saturated heterocycles. The maximum atomic E-state index is 14.0. The predicted molar refractivity (Wildman–Crippen MR) is 161 cm³/mol. The lowest BCUT2D eigenvalue weighted by molar-refractivity contribution is -0.443. The first-order valence-corrected chi connectivity index (χ1v) is 16.6. The Morgan fingerprint density at radius 2 is 1.58 bits per heavy atom. The molecule has 4 bridgehead atoms. The Morgan fingerprint density at radius 3 is 2.12 bits per heavy atom. The lowest BCUT2D eigenvalue weighted by atomic mass is 9.32. The lowest BCUT2D eigenvalue weighted by Crippen LogP contribution is -2.96. The maximum absolute atomic E-state index is 14.0. The van der Waals surface area contributed by atoms with Crippen LogP contribution in [0.15, 0.2) is 23.0 Å². The smallest absolute Gasteiger partial charge is 0.335 e. The van der Waals surface area contributed by atoms with Gasteiger partial charge in [-0.15, -0.1) is 0 Å². The molecule has 0 radical (unpaired) electrons. The van der Waals surface area contributed by atoms with Crippen LogP contribution in [0.2, 0.25) is 0 Å². The largest absolute Gasteiger partial charge is 0.472 e. The highest BCUT2D eigenvalue weighted by molar-refractivity contribution is 5.76. The zero-order valence-electron chi connectivity index (χ0n) is 29.0. The van der Waals surface area contributed by atoms with Crippen molar-refractivity contribution in [3.63, 3.8) is 0 Å². The second kappa shape index (κ2) is 10.1. The molecule has 5 N–H and O–H groups in total. The summed E-state index contributed by atoms with van der Waals surface area (Å²) in [7, 11) is 1.02. The molecule has 1 spiro atoms. The molecule has 50 heavy (non-hydrogen) atoms. The van der Waals surface area contributed by atoms with E-state index in [0.717, 1.165) is 27.9 Å². The number of furan rings is 1. The first-order chi connectivity index (χ1) is 23.0. The normalized spacial score (nSPS) is 51.8. The molecule has 7 rings (SSSR count). The van der Waals surface area contributed by atoms with Crippen molar-refractivity contribution in [2.75, 3.05) is 7.11 Å². The lowest BCUT2D eigenvalue weighted by Gasteiger charge is -2.77. The van der Waals surface area contributed by atoms with Crippen molar-refractivity contribution >= 4 is 23.9 Å². The van der Waals surface area contributed by atoms with E-state index in [1.54, 1.807) is 6.92 Å². The number of rotatable bonds is 7. The van der Waals surface area contributed by atoms with Gasteiger partial charge >= 0.3 is 23.9 Å². The molecule has 4 saturated carbocycles. The fourth-order valence-electron chi connectivity index (χ4n) is 12.3. The molecule has 2 aliphatic heterocycles. The third-order valence-corrected chi connectivity index (χ3v) is 13.6. The van der Waals surface area contributed by atoms with E-state index in [1.165, 1.54) is 39.4 Å². The summed E-state index contributed by atoms with van der Waals surface area (Å²) in [4.78, 5) is 52.2. The molecule has 6 aliphatic rings. The Balaban J connectivity index is 1.62. The number of carbonyl (C=O) groups is 4. The van der Waals surface area contributed by atoms with Crippen LogP contribution >= 0.6 is 0 Å². The first-order valence-electron chi connectivity index (χ1n) is 16.6. The SMILES string of the molecule is COC(=O)[C@H](O)[C@H]1[C@]2(C)C[C@]3(O)[C@@](O)([C@H]4OC5(C)C[C@@H]6[C@](C)([C@@H](OC(C)=O)c7ccoc7)[C@@H](OC(C)=O)[C@@H](OC(C)=O)[C@@](O)([C@@]64O5)[C@]13C)[C@H]2O. The van der Waals surface area contributed by atoms with Crippen molar-refractivity contribution in [2.45, 2.75) is 126 Å².